The second-order valence-corrected chi connectivity index (χ2v) is 4.70. The van der Waals surface area contributed by atoms with Gasteiger partial charge in [0.2, 0.25) is 0 Å². The highest BCUT2D eigenvalue weighted by molar-refractivity contribution is 6.10. The maximum Gasteiger partial charge on any atom is 0.193 e. The summed E-state index contributed by atoms with van der Waals surface area (Å²) in [5.74, 6) is 0.110. The van der Waals surface area contributed by atoms with Gasteiger partial charge in [0.1, 0.15) is 0 Å². The van der Waals surface area contributed by atoms with Crippen molar-refractivity contribution < 1.29 is 4.79 Å². The number of hydrogen-bond acceptors (Lipinski definition) is 1. The zero-order valence-electron chi connectivity index (χ0n) is 11.2. The van der Waals surface area contributed by atoms with Crippen LogP contribution < -0.4 is 0 Å². The Hall–Kier alpha value is -1.89. The van der Waals surface area contributed by atoms with Crippen molar-refractivity contribution in [3.63, 3.8) is 0 Å². The van der Waals surface area contributed by atoms with Gasteiger partial charge in [-0.05, 0) is 37.5 Å². The fraction of sp³-hybridized carbons (Fsp3) is 0.235. The summed E-state index contributed by atoms with van der Waals surface area (Å²) in [7, 11) is 0. The van der Waals surface area contributed by atoms with Crippen LogP contribution in [0.15, 0.2) is 42.5 Å². The summed E-state index contributed by atoms with van der Waals surface area (Å²) >= 11 is 0. The summed E-state index contributed by atoms with van der Waals surface area (Å²) in [5, 5.41) is 0. The van der Waals surface area contributed by atoms with E-state index in [1.54, 1.807) is 0 Å². The van der Waals surface area contributed by atoms with Gasteiger partial charge in [0.15, 0.2) is 5.78 Å². The Bertz CT molecular complexity index is 565. The van der Waals surface area contributed by atoms with E-state index in [2.05, 4.69) is 6.92 Å². The minimum absolute atomic E-state index is 0.110. The molecule has 2 aromatic carbocycles. The molecule has 0 bridgehead atoms. The zero-order valence-corrected chi connectivity index (χ0v) is 11.2. The fourth-order valence-electron chi connectivity index (χ4n) is 2.03. The van der Waals surface area contributed by atoms with Crippen molar-refractivity contribution in [1.29, 1.82) is 0 Å². The first-order valence-corrected chi connectivity index (χ1v) is 6.32. The minimum atomic E-state index is 0.110. The third-order valence-corrected chi connectivity index (χ3v) is 3.26. The van der Waals surface area contributed by atoms with Crippen LogP contribution in [-0.2, 0) is 6.42 Å². The molecule has 1 heteroatoms. The summed E-state index contributed by atoms with van der Waals surface area (Å²) in [5.41, 5.74) is 4.98. The number of rotatable bonds is 3. The highest BCUT2D eigenvalue weighted by atomic mass is 16.1. The third kappa shape index (κ3) is 2.51. The van der Waals surface area contributed by atoms with Gasteiger partial charge in [0.05, 0.1) is 0 Å². The van der Waals surface area contributed by atoms with Gasteiger partial charge in [-0.15, -0.1) is 0 Å². The van der Waals surface area contributed by atoms with Gasteiger partial charge in [0, 0.05) is 11.1 Å². The molecule has 0 saturated heterocycles. The van der Waals surface area contributed by atoms with Crippen LogP contribution in [0, 0.1) is 13.8 Å². The highest BCUT2D eigenvalue weighted by Crippen LogP contribution is 2.16. The first kappa shape index (κ1) is 12.6. The predicted molar refractivity (Wildman–Crippen MR) is 75.2 cm³/mol. The topological polar surface area (TPSA) is 17.1 Å². The van der Waals surface area contributed by atoms with Crippen LogP contribution in [-0.4, -0.2) is 5.78 Å². The first-order chi connectivity index (χ1) is 8.61. The fourth-order valence-corrected chi connectivity index (χ4v) is 2.03. The number of benzene rings is 2. The predicted octanol–water partition coefficient (Wildman–Crippen LogP) is 4.10. The minimum Gasteiger partial charge on any atom is -0.289 e. The second-order valence-electron chi connectivity index (χ2n) is 4.70. The molecule has 0 aliphatic heterocycles. The van der Waals surface area contributed by atoms with E-state index in [0.29, 0.717) is 0 Å². The molecule has 2 rings (SSSR count). The number of carbonyl (C=O) groups excluding carboxylic acids is 1. The molecule has 0 fully saturated rings. The van der Waals surface area contributed by atoms with Gasteiger partial charge in [0.25, 0.3) is 0 Å². The molecule has 0 atom stereocenters. The van der Waals surface area contributed by atoms with E-state index in [0.717, 1.165) is 28.7 Å². The van der Waals surface area contributed by atoms with E-state index in [1.807, 2.05) is 56.3 Å². The lowest BCUT2D eigenvalue weighted by atomic mass is 9.96. The van der Waals surface area contributed by atoms with Crippen LogP contribution in [0.3, 0.4) is 0 Å². The molecule has 0 heterocycles. The zero-order chi connectivity index (χ0) is 13.1. The molecule has 0 aliphatic carbocycles. The van der Waals surface area contributed by atoms with Gasteiger partial charge >= 0.3 is 0 Å². The summed E-state index contributed by atoms with van der Waals surface area (Å²) < 4.78 is 0. The molecule has 0 aromatic heterocycles. The maximum absolute atomic E-state index is 12.4. The van der Waals surface area contributed by atoms with Crippen molar-refractivity contribution in [2.24, 2.45) is 0 Å². The van der Waals surface area contributed by atoms with Crippen LogP contribution in [0.1, 0.15) is 39.5 Å². The molecule has 92 valence electrons. The van der Waals surface area contributed by atoms with Crippen LogP contribution in [0.5, 0.6) is 0 Å². The SMILES string of the molecule is CCc1ccc(C(=O)c2cc(C)ccc2C)cc1. The standard InChI is InChI=1S/C17H18O/c1-4-14-7-9-15(10-8-14)17(18)16-11-12(2)5-6-13(16)3/h5-11H,4H2,1-3H3. The number of ketones is 1. The Kier molecular flexibility index (Phi) is 3.61. The summed E-state index contributed by atoms with van der Waals surface area (Å²) in [6, 6.07) is 13.9. The van der Waals surface area contributed by atoms with Crippen LogP contribution in [0.25, 0.3) is 0 Å². The van der Waals surface area contributed by atoms with Crippen LogP contribution in [0.2, 0.25) is 0 Å². The van der Waals surface area contributed by atoms with Crippen molar-refractivity contribution in [1.82, 2.24) is 0 Å². The van der Waals surface area contributed by atoms with Gasteiger partial charge in [-0.1, -0.05) is 48.9 Å². The average molecular weight is 238 g/mol. The van der Waals surface area contributed by atoms with Gasteiger partial charge in [-0.25, -0.2) is 0 Å². The van der Waals surface area contributed by atoms with Crippen LogP contribution in [0.4, 0.5) is 0 Å². The van der Waals surface area contributed by atoms with E-state index in [1.165, 1.54) is 5.56 Å². The van der Waals surface area contributed by atoms with Gasteiger partial charge in [-0.3, -0.25) is 4.79 Å². The smallest absolute Gasteiger partial charge is 0.193 e. The molecule has 0 aliphatic rings. The van der Waals surface area contributed by atoms with Crippen LogP contribution >= 0.6 is 0 Å². The quantitative estimate of drug-likeness (QED) is 0.736. The molecule has 0 unspecified atom stereocenters. The normalized spacial score (nSPS) is 10.4. The van der Waals surface area contributed by atoms with Crippen molar-refractivity contribution >= 4 is 5.78 Å². The average Bonchev–Trinajstić information content (AvgIpc) is 2.41. The lowest BCUT2D eigenvalue weighted by Gasteiger charge is -2.07. The van der Waals surface area contributed by atoms with E-state index in [9.17, 15) is 4.79 Å². The largest absolute Gasteiger partial charge is 0.289 e. The third-order valence-electron chi connectivity index (χ3n) is 3.26. The van der Waals surface area contributed by atoms with E-state index < -0.39 is 0 Å². The monoisotopic (exact) mass is 238 g/mol. The Balaban J connectivity index is 2.38. The summed E-state index contributed by atoms with van der Waals surface area (Å²) in [6.07, 6.45) is 0.998. The molecule has 0 N–H and O–H groups in total. The van der Waals surface area contributed by atoms with E-state index >= 15 is 0 Å². The molecule has 0 saturated carbocycles. The van der Waals surface area contributed by atoms with Gasteiger partial charge < -0.3 is 0 Å². The Labute approximate surface area is 108 Å². The Morgan fingerprint density at radius 3 is 2.28 bits per heavy atom. The first-order valence-electron chi connectivity index (χ1n) is 6.32. The summed E-state index contributed by atoms with van der Waals surface area (Å²) in [4.78, 5) is 12.4. The molecular formula is C17H18O. The Morgan fingerprint density at radius 2 is 1.67 bits per heavy atom. The van der Waals surface area contributed by atoms with Crippen molar-refractivity contribution in [3.8, 4) is 0 Å². The molecule has 0 spiro atoms. The molecule has 2 aromatic rings. The number of carbonyl (C=O) groups is 1. The number of aryl methyl sites for hydroxylation is 3. The maximum atomic E-state index is 12.4. The number of hydrogen-bond donors (Lipinski definition) is 0. The molecule has 0 radical (unpaired) electrons. The molecule has 1 nitrogen and oxygen atoms in total. The van der Waals surface area contributed by atoms with E-state index in [-0.39, 0.29) is 5.78 Å². The lowest BCUT2D eigenvalue weighted by Crippen LogP contribution is -2.04. The molecule has 0 amide bonds. The highest BCUT2D eigenvalue weighted by Gasteiger charge is 2.11. The van der Waals surface area contributed by atoms with Crippen molar-refractivity contribution in [2.45, 2.75) is 27.2 Å². The molecular weight excluding hydrogens is 220 g/mol. The van der Waals surface area contributed by atoms with Crippen molar-refractivity contribution in [2.75, 3.05) is 0 Å². The molecule has 18 heavy (non-hydrogen) atoms. The second kappa shape index (κ2) is 5.18. The Morgan fingerprint density at radius 1 is 1.00 bits per heavy atom. The van der Waals surface area contributed by atoms with Crippen molar-refractivity contribution in [3.05, 3.63) is 70.3 Å². The van der Waals surface area contributed by atoms with E-state index in [4.69, 9.17) is 0 Å². The summed E-state index contributed by atoms with van der Waals surface area (Å²) in [6.45, 7) is 6.10. The lowest BCUT2D eigenvalue weighted by molar-refractivity contribution is 0.103. The van der Waals surface area contributed by atoms with Gasteiger partial charge in [-0.2, -0.15) is 0 Å².